The third-order valence-corrected chi connectivity index (χ3v) is 4.06. The van der Waals surface area contributed by atoms with E-state index in [2.05, 4.69) is 25.4 Å². The molecule has 1 atom stereocenters. The summed E-state index contributed by atoms with van der Waals surface area (Å²) in [5.74, 6) is 1.95. The van der Waals surface area contributed by atoms with E-state index in [4.69, 9.17) is 4.74 Å². The highest BCUT2D eigenvalue weighted by Gasteiger charge is 2.18. The van der Waals surface area contributed by atoms with Crippen LogP contribution in [0.3, 0.4) is 0 Å². The van der Waals surface area contributed by atoms with Crippen LogP contribution in [0.2, 0.25) is 0 Å². The third kappa shape index (κ3) is 3.79. The molecule has 0 radical (unpaired) electrons. The van der Waals surface area contributed by atoms with E-state index in [1.54, 1.807) is 0 Å². The number of aryl methyl sites for hydroxylation is 1. The maximum Gasteiger partial charge on any atom is 0.222 e. The fraction of sp³-hybridized carbons (Fsp3) is 0.786. The first-order valence-corrected chi connectivity index (χ1v) is 7.82. The first-order chi connectivity index (χ1) is 10.3. The highest BCUT2D eigenvalue weighted by Crippen LogP contribution is 2.14. The molecule has 2 aliphatic heterocycles. The summed E-state index contributed by atoms with van der Waals surface area (Å²) in [6.45, 7) is 3.57. The van der Waals surface area contributed by atoms with Crippen LogP contribution in [-0.4, -0.2) is 46.5 Å². The first kappa shape index (κ1) is 14.5. The molecule has 1 saturated heterocycles. The van der Waals surface area contributed by atoms with Crippen molar-refractivity contribution in [1.29, 1.82) is 0 Å². The summed E-state index contributed by atoms with van der Waals surface area (Å²) in [6, 6.07) is 0.120. The predicted octanol–water partition coefficient (Wildman–Crippen LogP) is -0.000800. The fourth-order valence-electron chi connectivity index (χ4n) is 2.90. The molecule has 1 fully saturated rings. The van der Waals surface area contributed by atoms with Gasteiger partial charge in [-0.1, -0.05) is 6.42 Å². The fourth-order valence-corrected chi connectivity index (χ4v) is 2.90. The summed E-state index contributed by atoms with van der Waals surface area (Å²) in [6.07, 6.45) is 5.01. The molecule has 2 N–H and O–H groups in total. The molecule has 1 amide bonds. The SMILES string of the molecule is O=C(C[C@@H]1COCCN1)NCc1nnc2n1CCCCC2. The largest absolute Gasteiger partial charge is 0.378 e. The van der Waals surface area contributed by atoms with Crippen molar-refractivity contribution in [3.05, 3.63) is 11.6 Å². The van der Waals surface area contributed by atoms with Crippen LogP contribution in [0.4, 0.5) is 0 Å². The van der Waals surface area contributed by atoms with Crippen molar-refractivity contribution in [2.24, 2.45) is 0 Å². The summed E-state index contributed by atoms with van der Waals surface area (Å²) in [5, 5.41) is 14.7. The van der Waals surface area contributed by atoms with Crippen LogP contribution in [0.1, 0.15) is 37.3 Å². The Morgan fingerprint density at radius 3 is 3.19 bits per heavy atom. The monoisotopic (exact) mass is 293 g/mol. The van der Waals surface area contributed by atoms with Crippen LogP contribution in [0, 0.1) is 0 Å². The average Bonchev–Trinajstić information content (AvgIpc) is 2.73. The van der Waals surface area contributed by atoms with Gasteiger partial charge in [-0.15, -0.1) is 10.2 Å². The zero-order valence-corrected chi connectivity index (χ0v) is 12.3. The molecule has 1 aromatic rings. The molecule has 0 unspecified atom stereocenters. The summed E-state index contributed by atoms with van der Waals surface area (Å²) >= 11 is 0. The van der Waals surface area contributed by atoms with E-state index < -0.39 is 0 Å². The predicted molar refractivity (Wildman–Crippen MR) is 76.7 cm³/mol. The minimum absolute atomic E-state index is 0.0315. The normalized spacial score (nSPS) is 22.4. The zero-order chi connectivity index (χ0) is 14.5. The van der Waals surface area contributed by atoms with E-state index in [0.29, 0.717) is 19.6 Å². The van der Waals surface area contributed by atoms with E-state index in [1.165, 1.54) is 12.8 Å². The molecular weight excluding hydrogens is 270 g/mol. The molecule has 0 saturated carbocycles. The number of carbonyl (C=O) groups is 1. The number of hydrogen-bond donors (Lipinski definition) is 2. The highest BCUT2D eigenvalue weighted by atomic mass is 16.5. The lowest BCUT2D eigenvalue weighted by Crippen LogP contribution is -2.44. The molecule has 0 aliphatic carbocycles. The van der Waals surface area contributed by atoms with Gasteiger partial charge < -0.3 is 19.9 Å². The van der Waals surface area contributed by atoms with Gasteiger partial charge >= 0.3 is 0 Å². The number of fused-ring (bicyclic) bond motifs is 1. The number of hydrogen-bond acceptors (Lipinski definition) is 5. The molecule has 7 heteroatoms. The number of morpholine rings is 1. The van der Waals surface area contributed by atoms with Gasteiger partial charge in [0.1, 0.15) is 5.82 Å². The molecule has 0 spiro atoms. The van der Waals surface area contributed by atoms with Crippen LogP contribution in [0.15, 0.2) is 0 Å². The number of carbonyl (C=O) groups excluding carboxylic acids is 1. The lowest BCUT2D eigenvalue weighted by molar-refractivity contribution is -0.122. The number of ether oxygens (including phenoxy) is 1. The van der Waals surface area contributed by atoms with Gasteiger partial charge in [-0.3, -0.25) is 4.79 Å². The van der Waals surface area contributed by atoms with Gasteiger partial charge in [0.2, 0.25) is 5.91 Å². The standard InChI is InChI=1S/C14H23N5O2/c20-14(8-11-10-21-7-5-15-11)16-9-13-18-17-12-4-2-1-3-6-19(12)13/h11,15H,1-10H2,(H,16,20)/t11-/m1/s1. The molecular formula is C14H23N5O2. The number of rotatable bonds is 4. The maximum absolute atomic E-state index is 12.0. The van der Waals surface area contributed by atoms with E-state index in [-0.39, 0.29) is 11.9 Å². The maximum atomic E-state index is 12.0. The van der Waals surface area contributed by atoms with Crippen LogP contribution < -0.4 is 10.6 Å². The number of nitrogens with zero attached hydrogens (tertiary/aromatic N) is 3. The molecule has 0 aromatic carbocycles. The quantitative estimate of drug-likeness (QED) is 0.816. The van der Waals surface area contributed by atoms with E-state index >= 15 is 0 Å². The van der Waals surface area contributed by atoms with Gasteiger partial charge in [0.25, 0.3) is 0 Å². The summed E-state index contributed by atoms with van der Waals surface area (Å²) < 4.78 is 7.51. The molecule has 116 valence electrons. The van der Waals surface area contributed by atoms with Gasteiger partial charge in [0, 0.05) is 32.0 Å². The van der Waals surface area contributed by atoms with Crippen molar-refractivity contribution in [3.8, 4) is 0 Å². The number of nitrogens with one attached hydrogen (secondary N) is 2. The summed E-state index contributed by atoms with van der Waals surface area (Å²) in [7, 11) is 0. The van der Waals surface area contributed by atoms with Crippen molar-refractivity contribution >= 4 is 5.91 Å². The van der Waals surface area contributed by atoms with Crippen LogP contribution in [0.5, 0.6) is 0 Å². The molecule has 3 heterocycles. The van der Waals surface area contributed by atoms with Crippen molar-refractivity contribution < 1.29 is 9.53 Å². The second kappa shape index (κ2) is 7.00. The van der Waals surface area contributed by atoms with Gasteiger partial charge in [-0.05, 0) is 12.8 Å². The minimum atomic E-state index is 0.0315. The van der Waals surface area contributed by atoms with Gasteiger partial charge in [0.15, 0.2) is 5.82 Å². The van der Waals surface area contributed by atoms with Crippen LogP contribution in [-0.2, 0) is 29.0 Å². The Morgan fingerprint density at radius 1 is 1.38 bits per heavy atom. The zero-order valence-electron chi connectivity index (χ0n) is 12.3. The number of aromatic nitrogens is 3. The van der Waals surface area contributed by atoms with Crippen molar-refractivity contribution in [1.82, 2.24) is 25.4 Å². The lowest BCUT2D eigenvalue weighted by atomic mass is 10.2. The molecule has 1 aromatic heterocycles. The summed E-state index contributed by atoms with van der Waals surface area (Å²) in [5.41, 5.74) is 0. The van der Waals surface area contributed by atoms with Gasteiger partial charge in [-0.2, -0.15) is 0 Å². The van der Waals surface area contributed by atoms with E-state index in [1.807, 2.05) is 0 Å². The van der Waals surface area contributed by atoms with Crippen molar-refractivity contribution in [2.45, 2.75) is 51.2 Å². The third-order valence-electron chi connectivity index (χ3n) is 4.06. The van der Waals surface area contributed by atoms with E-state index in [9.17, 15) is 4.79 Å². The Hall–Kier alpha value is -1.47. The number of amides is 1. The Bertz CT molecular complexity index is 482. The smallest absolute Gasteiger partial charge is 0.222 e. The molecule has 0 bridgehead atoms. The Balaban J connectivity index is 1.50. The lowest BCUT2D eigenvalue weighted by Gasteiger charge is -2.23. The average molecular weight is 293 g/mol. The van der Waals surface area contributed by atoms with Crippen LogP contribution in [0.25, 0.3) is 0 Å². The molecule has 7 nitrogen and oxygen atoms in total. The van der Waals surface area contributed by atoms with Gasteiger partial charge in [-0.25, -0.2) is 0 Å². The summed E-state index contributed by atoms with van der Waals surface area (Å²) in [4.78, 5) is 12.0. The van der Waals surface area contributed by atoms with Crippen molar-refractivity contribution in [3.63, 3.8) is 0 Å². The Morgan fingerprint density at radius 2 is 2.33 bits per heavy atom. The Kier molecular flexibility index (Phi) is 4.82. The minimum Gasteiger partial charge on any atom is -0.378 e. The topological polar surface area (TPSA) is 81.1 Å². The second-order valence-electron chi connectivity index (χ2n) is 5.70. The molecule has 21 heavy (non-hydrogen) atoms. The Labute approximate surface area is 124 Å². The first-order valence-electron chi connectivity index (χ1n) is 7.82. The van der Waals surface area contributed by atoms with Gasteiger partial charge in [0.05, 0.1) is 19.8 Å². The second-order valence-corrected chi connectivity index (χ2v) is 5.70. The highest BCUT2D eigenvalue weighted by molar-refractivity contribution is 5.76. The van der Waals surface area contributed by atoms with E-state index in [0.717, 1.165) is 44.2 Å². The van der Waals surface area contributed by atoms with Crippen LogP contribution >= 0.6 is 0 Å². The van der Waals surface area contributed by atoms with Crippen molar-refractivity contribution in [2.75, 3.05) is 19.8 Å². The molecule has 3 rings (SSSR count). The molecule has 2 aliphatic rings.